The number of anilines is 3. The number of amides is 3. The molecular weight excluding hydrogens is 622 g/mol. The lowest BCUT2D eigenvalue weighted by Gasteiger charge is -2.34. The van der Waals surface area contributed by atoms with Gasteiger partial charge in [-0.1, -0.05) is 37.6 Å². The molecule has 0 fully saturated rings. The molecule has 0 saturated heterocycles. The summed E-state index contributed by atoms with van der Waals surface area (Å²) in [7, 11) is 3.69. The van der Waals surface area contributed by atoms with E-state index < -0.39 is 0 Å². The predicted molar refractivity (Wildman–Crippen MR) is 193 cm³/mol. The first-order chi connectivity index (χ1) is 23.6. The molecule has 3 aromatic carbocycles. The van der Waals surface area contributed by atoms with Gasteiger partial charge in [0.2, 0.25) is 17.7 Å². The molecule has 0 unspecified atom stereocenters. The third-order valence-corrected chi connectivity index (χ3v) is 8.85. The van der Waals surface area contributed by atoms with E-state index in [1.165, 1.54) is 0 Å². The van der Waals surface area contributed by atoms with Crippen LogP contribution in [-0.4, -0.2) is 78.6 Å². The lowest BCUT2D eigenvalue weighted by molar-refractivity contribution is -0.134. The molecule has 3 atom stereocenters. The standard InChI is InChI=1S/C38H51N5O6/c1-26-22-43(27(2)25-44)38(47)21-29-20-30(40-36(45)12-6-5-7-13-37(46)41-33-11-9-8-10-32(33)39)16-19-34(29)49-35(26)24-42(3)23-28-14-17-31(48-4)18-15-28/h8-11,14-20,26-27,35,44H,5-7,12-13,21-25,39H2,1-4H3,(H,40,45)(H,41,46)/t26-,27+,35-/m0/s1. The van der Waals surface area contributed by atoms with Crippen LogP contribution >= 0.6 is 0 Å². The maximum Gasteiger partial charge on any atom is 0.227 e. The number of nitrogens with one attached hydrogen (secondary N) is 2. The number of aliphatic hydroxyl groups is 1. The van der Waals surface area contributed by atoms with Crippen LogP contribution in [0.3, 0.4) is 0 Å². The molecule has 4 rings (SSSR count). The Hall–Kier alpha value is -4.61. The second-order valence-corrected chi connectivity index (χ2v) is 13.0. The largest absolute Gasteiger partial charge is 0.497 e. The van der Waals surface area contributed by atoms with Crippen LogP contribution in [0.25, 0.3) is 0 Å². The van der Waals surface area contributed by atoms with Crippen LogP contribution in [0, 0.1) is 5.92 Å². The van der Waals surface area contributed by atoms with E-state index >= 15 is 0 Å². The highest BCUT2D eigenvalue weighted by molar-refractivity contribution is 5.94. The number of benzene rings is 3. The molecule has 0 saturated carbocycles. The van der Waals surface area contributed by atoms with Crippen molar-refractivity contribution >= 4 is 34.8 Å². The number of ether oxygens (including phenoxy) is 2. The zero-order chi connectivity index (χ0) is 35.3. The quantitative estimate of drug-likeness (QED) is 0.129. The number of para-hydroxylation sites is 2. The molecule has 1 heterocycles. The molecule has 264 valence electrons. The van der Waals surface area contributed by atoms with Crippen LogP contribution in [0.2, 0.25) is 0 Å². The molecule has 5 N–H and O–H groups in total. The summed E-state index contributed by atoms with van der Waals surface area (Å²) in [4.78, 5) is 42.6. The Labute approximate surface area is 289 Å². The van der Waals surface area contributed by atoms with Gasteiger partial charge < -0.3 is 35.8 Å². The molecule has 0 spiro atoms. The fourth-order valence-corrected chi connectivity index (χ4v) is 5.93. The molecule has 3 aromatic rings. The summed E-state index contributed by atoms with van der Waals surface area (Å²) in [6.07, 6.45) is 2.51. The highest BCUT2D eigenvalue weighted by atomic mass is 16.5. The maximum absolute atomic E-state index is 13.6. The van der Waals surface area contributed by atoms with Gasteiger partial charge in [-0.15, -0.1) is 0 Å². The number of hydrogen-bond acceptors (Lipinski definition) is 8. The number of likely N-dealkylation sites (N-methyl/N-ethyl adjacent to an activating group) is 1. The molecule has 49 heavy (non-hydrogen) atoms. The normalized spacial score (nSPS) is 16.9. The molecule has 0 radical (unpaired) electrons. The van der Waals surface area contributed by atoms with Crippen LogP contribution in [0.1, 0.15) is 57.1 Å². The zero-order valence-electron chi connectivity index (χ0n) is 29.1. The van der Waals surface area contributed by atoms with Gasteiger partial charge in [-0.2, -0.15) is 0 Å². The summed E-state index contributed by atoms with van der Waals surface area (Å²) < 4.78 is 11.9. The lowest BCUT2D eigenvalue weighted by Crippen LogP contribution is -2.47. The molecule has 0 aromatic heterocycles. The van der Waals surface area contributed by atoms with E-state index in [4.69, 9.17) is 15.2 Å². The van der Waals surface area contributed by atoms with Gasteiger partial charge in [0.05, 0.1) is 37.6 Å². The van der Waals surface area contributed by atoms with Crippen molar-refractivity contribution in [1.29, 1.82) is 0 Å². The van der Waals surface area contributed by atoms with Crippen molar-refractivity contribution in [2.45, 2.75) is 71.1 Å². The van der Waals surface area contributed by atoms with Gasteiger partial charge in [-0.25, -0.2) is 0 Å². The molecule has 11 nitrogen and oxygen atoms in total. The number of nitrogens with two attached hydrogens (primary N) is 1. The summed E-state index contributed by atoms with van der Waals surface area (Å²) in [5.74, 6) is 1.04. The first-order valence-corrected chi connectivity index (χ1v) is 17.0. The van der Waals surface area contributed by atoms with E-state index in [-0.39, 0.29) is 48.8 Å². The SMILES string of the molecule is COc1ccc(CN(C)C[C@@H]2Oc3ccc(NC(=O)CCCCCC(=O)Nc4ccccc4N)cc3CC(=O)N([C@H](C)CO)C[C@@H]2C)cc1. The van der Waals surface area contributed by atoms with E-state index in [0.29, 0.717) is 73.7 Å². The Balaban J connectivity index is 1.36. The fraction of sp³-hybridized carbons (Fsp3) is 0.447. The number of unbranched alkanes of at least 4 members (excludes halogenated alkanes) is 2. The Bertz CT molecular complexity index is 1550. The van der Waals surface area contributed by atoms with Crippen LogP contribution in [0.5, 0.6) is 11.5 Å². The van der Waals surface area contributed by atoms with Gasteiger partial charge in [0.1, 0.15) is 17.6 Å². The monoisotopic (exact) mass is 673 g/mol. The van der Waals surface area contributed by atoms with Crippen molar-refractivity contribution in [1.82, 2.24) is 9.80 Å². The van der Waals surface area contributed by atoms with E-state index in [1.807, 2.05) is 56.4 Å². The van der Waals surface area contributed by atoms with E-state index in [1.54, 1.807) is 36.3 Å². The minimum atomic E-state index is -0.348. The third kappa shape index (κ3) is 11.2. The van der Waals surface area contributed by atoms with Crippen LogP contribution < -0.4 is 25.8 Å². The number of carbonyl (C=O) groups is 3. The van der Waals surface area contributed by atoms with Crippen molar-refractivity contribution in [2.75, 3.05) is 50.2 Å². The summed E-state index contributed by atoms with van der Waals surface area (Å²) in [6, 6.07) is 20.2. The van der Waals surface area contributed by atoms with Crippen molar-refractivity contribution in [3.63, 3.8) is 0 Å². The van der Waals surface area contributed by atoms with Gasteiger partial charge in [0.25, 0.3) is 0 Å². The first kappa shape index (κ1) is 37.2. The minimum absolute atomic E-state index is 0.0239. The molecule has 11 heteroatoms. The summed E-state index contributed by atoms with van der Waals surface area (Å²) in [6.45, 7) is 5.54. The number of methoxy groups -OCH3 is 1. The number of nitrogens with zero attached hydrogens (tertiary/aromatic N) is 2. The van der Waals surface area contributed by atoms with Gasteiger partial charge in [-0.3, -0.25) is 19.3 Å². The Kier molecular flexibility index (Phi) is 13.8. The molecule has 0 bridgehead atoms. The number of hydrogen-bond donors (Lipinski definition) is 4. The van der Waals surface area contributed by atoms with Gasteiger partial charge in [0.15, 0.2) is 0 Å². The number of nitrogen functional groups attached to an aromatic ring is 1. The number of carbonyl (C=O) groups excluding carboxylic acids is 3. The minimum Gasteiger partial charge on any atom is -0.497 e. The number of rotatable bonds is 15. The van der Waals surface area contributed by atoms with E-state index in [9.17, 15) is 19.5 Å². The first-order valence-electron chi connectivity index (χ1n) is 17.0. The Morgan fingerprint density at radius 2 is 1.73 bits per heavy atom. The highest BCUT2D eigenvalue weighted by Crippen LogP contribution is 2.30. The van der Waals surface area contributed by atoms with E-state index in [2.05, 4.69) is 22.5 Å². The molecule has 0 aliphatic carbocycles. The maximum atomic E-state index is 13.6. The predicted octanol–water partition coefficient (Wildman–Crippen LogP) is 5.09. The third-order valence-electron chi connectivity index (χ3n) is 8.85. The summed E-state index contributed by atoms with van der Waals surface area (Å²) in [5, 5.41) is 15.7. The van der Waals surface area contributed by atoms with Crippen LogP contribution in [0.15, 0.2) is 66.7 Å². The average Bonchev–Trinajstić information content (AvgIpc) is 3.12. The second kappa shape index (κ2) is 18.2. The smallest absolute Gasteiger partial charge is 0.227 e. The number of fused-ring (bicyclic) bond motifs is 1. The fourth-order valence-electron chi connectivity index (χ4n) is 5.93. The topological polar surface area (TPSA) is 146 Å². The zero-order valence-corrected chi connectivity index (χ0v) is 29.1. The highest BCUT2D eigenvalue weighted by Gasteiger charge is 2.31. The molecule has 1 aliphatic heterocycles. The average molecular weight is 674 g/mol. The number of aliphatic hydroxyl groups excluding tert-OH is 1. The Morgan fingerprint density at radius 3 is 2.41 bits per heavy atom. The lowest BCUT2D eigenvalue weighted by atomic mass is 10.0. The van der Waals surface area contributed by atoms with Gasteiger partial charge >= 0.3 is 0 Å². The summed E-state index contributed by atoms with van der Waals surface area (Å²) >= 11 is 0. The van der Waals surface area contributed by atoms with Gasteiger partial charge in [0, 0.05) is 49.6 Å². The van der Waals surface area contributed by atoms with Crippen molar-refractivity contribution in [3.05, 3.63) is 77.9 Å². The van der Waals surface area contributed by atoms with Crippen molar-refractivity contribution < 1.29 is 29.0 Å². The van der Waals surface area contributed by atoms with Crippen LogP contribution in [0.4, 0.5) is 17.1 Å². The Morgan fingerprint density at radius 1 is 1.04 bits per heavy atom. The second-order valence-electron chi connectivity index (χ2n) is 13.0. The summed E-state index contributed by atoms with van der Waals surface area (Å²) in [5.41, 5.74) is 9.42. The van der Waals surface area contributed by atoms with Crippen molar-refractivity contribution in [2.24, 2.45) is 5.92 Å². The van der Waals surface area contributed by atoms with Gasteiger partial charge in [-0.05, 0) is 74.8 Å². The van der Waals surface area contributed by atoms with Crippen molar-refractivity contribution in [3.8, 4) is 11.5 Å². The van der Waals surface area contributed by atoms with Crippen LogP contribution in [-0.2, 0) is 27.3 Å². The van der Waals surface area contributed by atoms with E-state index in [0.717, 1.165) is 17.7 Å². The molecular formula is C38H51N5O6. The molecule has 1 aliphatic rings. The molecule has 3 amide bonds.